The smallest absolute Gasteiger partial charge is 0.339 e. The Morgan fingerprint density at radius 2 is 2.25 bits per heavy atom. The molecule has 0 radical (unpaired) electrons. The van der Waals surface area contributed by atoms with Crippen LogP contribution in [0.1, 0.15) is 42.4 Å². The van der Waals surface area contributed by atoms with Crippen molar-refractivity contribution in [3.05, 3.63) is 28.7 Å². The lowest BCUT2D eigenvalue weighted by molar-refractivity contribution is -0.128. The van der Waals surface area contributed by atoms with E-state index in [9.17, 15) is 14.7 Å². The zero-order valence-corrected chi connectivity index (χ0v) is 14.0. The summed E-state index contributed by atoms with van der Waals surface area (Å²) in [6.07, 6.45) is 1.29. The highest BCUT2D eigenvalue weighted by Crippen LogP contribution is 2.27. The largest absolute Gasteiger partial charge is 0.478 e. The number of carboxylic acids is 1. The van der Waals surface area contributed by atoms with Gasteiger partial charge in [-0.15, -0.1) is 0 Å². The van der Waals surface area contributed by atoms with E-state index in [1.807, 2.05) is 0 Å². The van der Waals surface area contributed by atoms with Gasteiger partial charge in [0.25, 0.3) is 0 Å². The van der Waals surface area contributed by atoms with E-state index in [-0.39, 0.29) is 22.7 Å². The van der Waals surface area contributed by atoms with Crippen LogP contribution in [0.3, 0.4) is 0 Å². The van der Waals surface area contributed by atoms with Crippen molar-refractivity contribution in [1.29, 1.82) is 0 Å². The van der Waals surface area contributed by atoms with Gasteiger partial charge in [0, 0.05) is 32.3 Å². The highest BCUT2D eigenvalue weighted by molar-refractivity contribution is 6.29. The van der Waals surface area contributed by atoms with Crippen LogP contribution in [0.25, 0.3) is 5.65 Å². The van der Waals surface area contributed by atoms with E-state index < -0.39 is 12.1 Å². The number of hydrogen-bond acceptors (Lipinski definition) is 5. The molecule has 9 heteroatoms. The number of nitrogens with zero attached hydrogens (tertiary/aromatic N) is 4. The molecule has 2 atom stereocenters. The number of carbonyl (C=O) groups excluding carboxylic acids is 1. The normalized spacial score (nSPS) is 19.0. The number of ether oxygens (including phenoxy) is 1. The van der Waals surface area contributed by atoms with Gasteiger partial charge >= 0.3 is 5.97 Å². The Labute approximate surface area is 143 Å². The minimum absolute atomic E-state index is 0.00476. The predicted molar refractivity (Wildman–Crippen MR) is 85.1 cm³/mol. The molecule has 2 aromatic rings. The number of aromatic nitrogens is 3. The average molecular weight is 353 g/mol. The summed E-state index contributed by atoms with van der Waals surface area (Å²) in [5.41, 5.74) is 0.837. The van der Waals surface area contributed by atoms with Crippen molar-refractivity contribution in [2.75, 3.05) is 13.1 Å². The summed E-state index contributed by atoms with van der Waals surface area (Å²) in [4.78, 5) is 28.7. The van der Waals surface area contributed by atoms with Gasteiger partial charge in [-0.3, -0.25) is 4.79 Å². The van der Waals surface area contributed by atoms with Crippen LogP contribution in [0.4, 0.5) is 0 Å². The van der Waals surface area contributed by atoms with Gasteiger partial charge in [0.05, 0.1) is 17.9 Å². The fraction of sp³-hybridized carbons (Fsp3) is 0.467. The fourth-order valence-corrected chi connectivity index (χ4v) is 3.13. The summed E-state index contributed by atoms with van der Waals surface area (Å²) >= 11 is 5.91. The van der Waals surface area contributed by atoms with E-state index >= 15 is 0 Å². The van der Waals surface area contributed by atoms with Gasteiger partial charge in [-0.1, -0.05) is 11.6 Å². The molecule has 0 aliphatic carbocycles. The summed E-state index contributed by atoms with van der Waals surface area (Å²) in [6.45, 7) is 4.41. The molecular formula is C15H17ClN4O4. The number of likely N-dealkylation sites (tertiary alicyclic amines) is 1. The molecule has 8 nitrogen and oxygen atoms in total. The standard InChI is InChI=1S/C15H17ClN4O4/c1-8(24-10-3-4-19(7-10)9(2)21)14-11(15(22)23)6-17-13-5-12(16)18-20(13)14/h5-6,8,10H,3-4,7H2,1-2H3,(H,22,23)/t8?,10-/m0/s1. The van der Waals surface area contributed by atoms with Crippen molar-refractivity contribution in [3.63, 3.8) is 0 Å². The Bertz CT molecular complexity index is 806. The highest BCUT2D eigenvalue weighted by atomic mass is 35.5. The Morgan fingerprint density at radius 3 is 2.88 bits per heavy atom. The van der Waals surface area contributed by atoms with Gasteiger partial charge in [0.2, 0.25) is 5.91 Å². The number of carbonyl (C=O) groups is 2. The second-order valence-electron chi connectivity index (χ2n) is 5.75. The SMILES string of the molecule is CC(=O)N1CC[C@H](OC(C)c2c(C(=O)O)cnc3cc(Cl)nn23)C1. The summed E-state index contributed by atoms with van der Waals surface area (Å²) in [5.74, 6) is -1.11. The van der Waals surface area contributed by atoms with Gasteiger partial charge in [-0.05, 0) is 13.3 Å². The minimum Gasteiger partial charge on any atom is -0.478 e. The number of halogens is 1. The van der Waals surface area contributed by atoms with Crippen LogP contribution < -0.4 is 0 Å². The van der Waals surface area contributed by atoms with Gasteiger partial charge in [-0.25, -0.2) is 14.3 Å². The number of aromatic carboxylic acids is 1. The molecule has 1 N–H and O–H groups in total. The molecular weight excluding hydrogens is 336 g/mol. The molecule has 1 aliphatic heterocycles. The molecule has 0 bridgehead atoms. The lowest BCUT2D eigenvalue weighted by atomic mass is 10.1. The first-order valence-electron chi connectivity index (χ1n) is 7.55. The predicted octanol–water partition coefficient (Wildman–Crippen LogP) is 1.78. The molecule has 1 amide bonds. The highest BCUT2D eigenvalue weighted by Gasteiger charge is 2.29. The number of carboxylic acid groups (broad SMARTS) is 1. The summed E-state index contributed by atoms with van der Waals surface area (Å²) < 4.78 is 7.39. The van der Waals surface area contributed by atoms with Gasteiger partial charge < -0.3 is 14.7 Å². The molecule has 1 unspecified atom stereocenters. The summed E-state index contributed by atoms with van der Waals surface area (Å²) in [5, 5.41) is 13.8. The Kier molecular flexibility index (Phi) is 4.42. The van der Waals surface area contributed by atoms with Crippen molar-refractivity contribution in [1.82, 2.24) is 19.5 Å². The number of amides is 1. The number of fused-ring (bicyclic) bond motifs is 1. The second-order valence-corrected chi connectivity index (χ2v) is 6.14. The molecule has 128 valence electrons. The molecule has 0 aromatic carbocycles. The monoisotopic (exact) mass is 352 g/mol. The van der Waals surface area contributed by atoms with E-state index in [1.165, 1.54) is 17.6 Å². The third kappa shape index (κ3) is 3.07. The van der Waals surface area contributed by atoms with E-state index in [0.717, 1.165) is 0 Å². The fourth-order valence-electron chi connectivity index (χ4n) is 2.96. The van der Waals surface area contributed by atoms with Crippen molar-refractivity contribution in [2.24, 2.45) is 0 Å². The maximum absolute atomic E-state index is 11.5. The van der Waals surface area contributed by atoms with E-state index in [0.29, 0.717) is 30.9 Å². The maximum Gasteiger partial charge on any atom is 0.339 e. The van der Waals surface area contributed by atoms with Gasteiger partial charge in [0.1, 0.15) is 5.56 Å². The summed E-state index contributed by atoms with van der Waals surface area (Å²) in [6, 6.07) is 1.55. The third-order valence-electron chi connectivity index (χ3n) is 4.09. The minimum atomic E-state index is -1.11. The van der Waals surface area contributed by atoms with Gasteiger partial charge in [0.15, 0.2) is 10.8 Å². The van der Waals surface area contributed by atoms with Crippen LogP contribution in [-0.2, 0) is 9.53 Å². The topological polar surface area (TPSA) is 97.0 Å². The van der Waals surface area contributed by atoms with Gasteiger partial charge in [-0.2, -0.15) is 5.10 Å². The molecule has 0 spiro atoms. The molecule has 3 rings (SSSR count). The molecule has 0 saturated carbocycles. The van der Waals surface area contributed by atoms with Crippen molar-refractivity contribution in [2.45, 2.75) is 32.5 Å². The zero-order valence-electron chi connectivity index (χ0n) is 13.3. The van der Waals surface area contributed by atoms with E-state index in [4.69, 9.17) is 16.3 Å². The van der Waals surface area contributed by atoms with Crippen LogP contribution in [0.15, 0.2) is 12.3 Å². The lowest BCUT2D eigenvalue weighted by Crippen LogP contribution is -2.28. The number of rotatable bonds is 4. The van der Waals surface area contributed by atoms with Crippen LogP contribution in [0.2, 0.25) is 5.15 Å². The van der Waals surface area contributed by atoms with Crippen LogP contribution in [-0.4, -0.2) is 55.7 Å². The first kappa shape index (κ1) is 16.7. The molecule has 1 saturated heterocycles. The van der Waals surface area contributed by atoms with Crippen molar-refractivity contribution in [3.8, 4) is 0 Å². The lowest BCUT2D eigenvalue weighted by Gasteiger charge is -2.21. The van der Waals surface area contributed by atoms with E-state index in [2.05, 4.69) is 10.1 Å². The second kappa shape index (κ2) is 6.37. The Hall–Kier alpha value is -2.19. The zero-order chi connectivity index (χ0) is 17.4. The molecule has 3 heterocycles. The first-order valence-corrected chi connectivity index (χ1v) is 7.93. The maximum atomic E-state index is 11.5. The average Bonchev–Trinajstić information content (AvgIpc) is 3.11. The molecule has 1 aliphatic rings. The molecule has 2 aromatic heterocycles. The third-order valence-corrected chi connectivity index (χ3v) is 4.28. The molecule has 1 fully saturated rings. The first-order chi connectivity index (χ1) is 11.4. The molecule has 24 heavy (non-hydrogen) atoms. The number of hydrogen-bond donors (Lipinski definition) is 1. The Balaban J connectivity index is 1.91. The quantitative estimate of drug-likeness (QED) is 0.900. The van der Waals surface area contributed by atoms with E-state index in [1.54, 1.807) is 17.9 Å². The summed E-state index contributed by atoms with van der Waals surface area (Å²) in [7, 11) is 0. The van der Waals surface area contributed by atoms with Crippen molar-refractivity contribution >= 4 is 29.1 Å². The van der Waals surface area contributed by atoms with Crippen LogP contribution in [0, 0.1) is 0 Å². The van der Waals surface area contributed by atoms with Crippen LogP contribution >= 0.6 is 11.6 Å². The Morgan fingerprint density at radius 1 is 1.50 bits per heavy atom. The van der Waals surface area contributed by atoms with Crippen LogP contribution in [0.5, 0.6) is 0 Å². The van der Waals surface area contributed by atoms with Crippen molar-refractivity contribution < 1.29 is 19.4 Å².